The summed E-state index contributed by atoms with van der Waals surface area (Å²) in [6.45, 7) is 2.40. The molecule has 1 spiro atoms. The average molecular weight is 304 g/mol. The van der Waals surface area contributed by atoms with E-state index in [1.54, 1.807) is 11.6 Å². The number of aryl methyl sites for hydroxylation is 1. The summed E-state index contributed by atoms with van der Waals surface area (Å²) in [5.41, 5.74) is 1.04. The first kappa shape index (κ1) is 15.3. The highest BCUT2D eigenvalue weighted by Gasteiger charge is 2.41. The van der Waals surface area contributed by atoms with Gasteiger partial charge >= 0.3 is 0 Å². The lowest BCUT2D eigenvalue weighted by atomic mass is 9.82. The van der Waals surface area contributed by atoms with Gasteiger partial charge in [0.15, 0.2) is 5.43 Å². The van der Waals surface area contributed by atoms with Crippen LogP contribution in [0, 0.1) is 6.92 Å². The Balaban J connectivity index is 1.69. The summed E-state index contributed by atoms with van der Waals surface area (Å²) in [6, 6.07) is 2.97. The highest BCUT2D eigenvalue weighted by atomic mass is 16.5. The molecular formula is C17H24N2O3. The van der Waals surface area contributed by atoms with Gasteiger partial charge in [0.05, 0.1) is 18.2 Å². The Hall–Kier alpha value is -1.62. The molecule has 1 unspecified atom stereocenters. The van der Waals surface area contributed by atoms with Gasteiger partial charge in [-0.3, -0.25) is 9.59 Å². The number of ether oxygens (including phenoxy) is 1. The molecule has 22 heavy (non-hydrogen) atoms. The number of nitrogens with one attached hydrogen (secondary N) is 1. The van der Waals surface area contributed by atoms with Crippen molar-refractivity contribution in [2.24, 2.45) is 7.05 Å². The third-order valence-electron chi connectivity index (χ3n) is 5.06. The second-order valence-corrected chi connectivity index (χ2v) is 6.71. The van der Waals surface area contributed by atoms with E-state index in [1.807, 2.05) is 6.92 Å². The van der Waals surface area contributed by atoms with Crippen molar-refractivity contribution in [3.8, 4) is 0 Å². The molecule has 1 aromatic heterocycles. The van der Waals surface area contributed by atoms with Gasteiger partial charge in [0, 0.05) is 24.9 Å². The van der Waals surface area contributed by atoms with E-state index in [0.29, 0.717) is 12.3 Å². The predicted octanol–water partition coefficient (Wildman–Crippen LogP) is 1.92. The van der Waals surface area contributed by atoms with Crippen LogP contribution in [0.3, 0.4) is 0 Å². The molecule has 1 N–H and O–H groups in total. The van der Waals surface area contributed by atoms with Crippen LogP contribution in [-0.4, -0.2) is 28.7 Å². The first-order valence-electron chi connectivity index (χ1n) is 8.12. The molecule has 0 bridgehead atoms. The maximum absolute atomic E-state index is 12.5. The number of aromatic nitrogens is 1. The molecule has 1 atom stereocenters. The van der Waals surface area contributed by atoms with Crippen molar-refractivity contribution < 1.29 is 9.53 Å². The molecule has 1 saturated heterocycles. The molecule has 5 nitrogen and oxygen atoms in total. The second-order valence-electron chi connectivity index (χ2n) is 6.71. The van der Waals surface area contributed by atoms with E-state index in [9.17, 15) is 9.59 Å². The molecule has 1 aromatic rings. The molecule has 2 aliphatic rings. The van der Waals surface area contributed by atoms with Crippen molar-refractivity contribution in [3.05, 3.63) is 33.7 Å². The molecule has 1 aliphatic carbocycles. The van der Waals surface area contributed by atoms with Crippen LogP contribution in [0.2, 0.25) is 0 Å². The number of carbonyl (C=O) groups excluding carboxylic acids is 1. The molecule has 2 heterocycles. The number of nitrogens with zero attached hydrogens (tertiary/aromatic N) is 1. The minimum Gasteiger partial charge on any atom is -0.373 e. The van der Waals surface area contributed by atoms with Gasteiger partial charge in [0.1, 0.15) is 5.69 Å². The molecular weight excluding hydrogens is 280 g/mol. The molecule has 1 aliphatic heterocycles. The van der Waals surface area contributed by atoms with E-state index >= 15 is 0 Å². The van der Waals surface area contributed by atoms with Crippen molar-refractivity contribution >= 4 is 5.91 Å². The number of carbonyl (C=O) groups is 1. The number of pyridine rings is 1. The van der Waals surface area contributed by atoms with Crippen LogP contribution < -0.4 is 10.7 Å². The molecule has 0 radical (unpaired) electrons. The fourth-order valence-corrected chi connectivity index (χ4v) is 3.72. The zero-order chi connectivity index (χ0) is 15.7. The van der Waals surface area contributed by atoms with Crippen LogP contribution in [0.15, 0.2) is 16.9 Å². The lowest BCUT2D eigenvalue weighted by molar-refractivity contribution is -0.0246. The Morgan fingerprint density at radius 3 is 2.77 bits per heavy atom. The Labute approximate surface area is 130 Å². The third-order valence-corrected chi connectivity index (χ3v) is 5.06. The molecule has 1 amide bonds. The third kappa shape index (κ3) is 2.95. The summed E-state index contributed by atoms with van der Waals surface area (Å²) >= 11 is 0. The standard InChI is InChI=1S/C17H24N2O3/c1-12-8-14(20)9-15(19(12)2)16(21)18-13-10-17(22-11-13)6-4-3-5-7-17/h8-9,13H,3-7,10-11H2,1-2H3,(H,18,21). The summed E-state index contributed by atoms with van der Waals surface area (Å²) in [7, 11) is 1.80. The molecule has 2 fully saturated rings. The number of amides is 1. The van der Waals surface area contributed by atoms with Crippen LogP contribution in [0.4, 0.5) is 0 Å². The van der Waals surface area contributed by atoms with Crippen molar-refractivity contribution in [1.82, 2.24) is 9.88 Å². The second kappa shape index (κ2) is 5.88. The number of rotatable bonds is 2. The summed E-state index contributed by atoms with van der Waals surface area (Å²) < 4.78 is 7.78. The smallest absolute Gasteiger partial charge is 0.268 e. The van der Waals surface area contributed by atoms with Gasteiger partial charge in [-0.25, -0.2) is 0 Å². The minimum atomic E-state index is -0.190. The summed E-state index contributed by atoms with van der Waals surface area (Å²) in [6.07, 6.45) is 6.80. The maximum Gasteiger partial charge on any atom is 0.268 e. The Morgan fingerprint density at radius 2 is 2.05 bits per heavy atom. The van der Waals surface area contributed by atoms with Crippen LogP contribution in [0.25, 0.3) is 0 Å². The largest absolute Gasteiger partial charge is 0.373 e. The molecule has 120 valence electrons. The van der Waals surface area contributed by atoms with E-state index in [4.69, 9.17) is 4.74 Å². The highest BCUT2D eigenvalue weighted by molar-refractivity contribution is 5.92. The van der Waals surface area contributed by atoms with Gasteiger partial charge in [-0.1, -0.05) is 19.3 Å². The fraction of sp³-hybridized carbons (Fsp3) is 0.647. The Kier molecular flexibility index (Phi) is 4.08. The SMILES string of the molecule is Cc1cc(=O)cc(C(=O)NC2COC3(CCCCC3)C2)n1C. The fourth-order valence-electron chi connectivity index (χ4n) is 3.72. The monoisotopic (exact) mass is 304 g/mol. The van der Waals surface area contributed by atoms with Crippen molar-refractivity contribution in [2.75, 3.05) is 6.61 Å². The number of hydrogen-bond acceptors (Lipinski definition) is 3. The first-order chi connectivity index (χ1) is 10.5. The van der Waals surface area contributed by atoms with E-state index in [1.165, 1.54) is 31.4 Å². The molecule has 1 saturated carbocycles. The van der Waals surface area contributed by atoms with E-state index < -0.39 is 0 Å². The zero-order valence-electron chi connectivity index (χ0n) is 13.4. The van der Waals surface area contributed by atoms with Crippen molar-refractivity contribution in [2.45, 2.75) is 57.1 Å². The normalized spacial score (nSPS) is 23.6. The average Bonchev–Trinajstić information content (AvgIpc) is 2.85. The lowest BCUT2D eigenvalue weighted by Crippen LogP contribution is -2.39. The van der Waals surface area contributed by atoms with Gasteiger partial charge in [0.2, 0.25) is 0 Å². The van der Waals surface area contributed by atoms with Crippen LogP contribution in [-0.2, 0) is 11.8 Å². The predicted molar refractivity (Wildman–Crippen MR) is 84.1 cm³/mol. The minimum absolute atomic E-state index is 0.0192. The van der Waals surface area contributed by atoms with Crippen LogP contribution in [0.5, 0.6) is 0 Å². The zero-order valence-corrected chi connectivity index (χ0v) is 13.4. The van der Waals surface area contributed by atoms with Gasteiger partial charge in [0.25, 0.3) is 5.91 Å². The molecule has 5 heteroatoms. The van der Waals surface area contributed by atoms with Gasteiger partial charge in [-0.2, -0.15) is 0 Å². The van der Waals surface area contributed by atoms with Crippen LogP contribution in [0.1, 0.15) is 54.7 Å². The molecule has 3 rings (SSSR count). The van der Waals surface area contributed by atoms with Gasteiger partial charge in [-0.15, -0.1) is 0 Å². The topological polar surface area (TPSA) is 60.3 Å². The van der Waals surface area contributed by atoms with Crippen molar-refractivity contribution in [1.29, 1.82) is 0 Å². The molecule has 0 aromatic carbocycles. The summed E-state index contributed by atoms with van der Waals surface area (Å²) in [4.78, 5) is 24.1. The van der Waals surface area contributed by atoms with Crippen molar-refractivity contribution in [3.63, 3.8) is 0 Å². The van der Waals surface area contributed by atoms with Gasteiger partial charge < -0.3 is 14.6 Å². The Morgan fingerprint density at radius 1 is 1.32 bits per heavy atom. The summed E-state index contributed by atoms with van der Waals surface area (Å²) in [5, 5.41) is 3.04. The van der Waals surface area contributed by atoms with Crippen LogP contribution >= 0.6 is 0 Å². The first-order valence-corrected chi connectivity index (χ1v) is 8.12. The van der Waals surface area contributed by atoms with E-state index in [0.717, 1.165) is 25.0 Å². The lowest BCUT2D eigenvalue weighted by Gasteiger charge is -2.32. The van der Waals surface area contributed by atoms with E-state index in [2.05, 4.69) is 5.32 Å². The van der Waals surface area contributed by atoms with Gasteiger partial charge in [-0.05, 0) is 26.2 Å². The number of hydrogen-bond donors (Lipinski definition) is 1. The summed E-state index contributed by atoms with van der Waals surface area (Å²) in [5.74, 6) is -0.190. The highest BCUT2D eigenvalue weighted by Crippen LogP contribution is 2.39. The quantitative estimate of drug-likeness (QED) is 0.908. The van der Waals surface area contributed by atoms with E-state index in [-0.39, 0.29) is 23.0 Å². The Bertz CT molecular complexity index is 629. The maximum atomic E-state index is 12.5.